The Morgan fingerprint density at radius 1 is 1.02 bits per heavy atom. The number of carbonyl (C=O) groups is 1. The summed E-state index contributed by atoms with van der Waals surface area (Å²) >= 11 is 6.58. The van der Waals surface area contributed by atoms with E-state index in [0.29, 0.717) is 82.1 Å². The first-order chi connectivity index (χ1) is 24.9. The summed E-state index contributed by atoms with van der Waals surface area (Å²) in [6.45, 7) is 1.57. The standard InChI is InChI=1S/C38H35ClN8O4/c39-29-10-5-4-8-26(29)21-46-31(22-47-37-34(36(40)41-23-42-37)35(45-47)25-13-15-28(48)16-14-25)44-30-11-6-9-24(33(30)38(46)50)7-2-1-3-12-32(49)43-27-17-19-51-20-18-27/h4-6,8-11,13-16,23,27,48H,1,3,12,17-22H2,(H,43,49)(H2,40,41,42). The number of aromatic nitrogens is 6. The van der Waals surface area contributed by atoms with Gasteiger partial charge in [-0.15, -0.1) is 0 Å². The van der Waals surface area contributed by atoms with Crippen LogP contribution >= 0.6 is 11.6 Å². The number of halogens is 1. The first-order valence-electron chi connectivity index (χ1n) is 16.7. The maximum absolute atomic E-state index is 14.5. The smallest absolute Gasteiger partial charge is 0.263 e. The predicted molar refractivity (Wildman–Crippen MR) is 195 cm³/mol. The molecule has 51 heavy (non-hydrogen) atoms. The summed E-state index contributed by atoms with van der Waals surface area (Å²) in [5, 5.41) is 19.3. The van der Waals surface area contributed by atoms with Gasteiger partial charge in [0.15, 0.2) is 5.65 Å². The van der Waals surface area contributed by atoms with E-state index < -0.39 is 0 Å². The molecule has 1 fully saturated rings. The van der Waals surface area contributed by atoms with E-state index in [4.69, 9.17) is 32.2 Å². The molecule has 4 N–H and O–H groups in total. The fourth-order valence-electron chi connectivity index (χ4n) is 6.23. The zero-order chi connectivity index (χ0) is 35.3. The highest BCUT2D eigenvalue weighted by Gasteiger charge is 2.21. The topological polar surface area (TPSA) is 163 Å². The Morgan fingerprint density at radius 2 is 1.82 bits per heavy atom. The van der Waals surface area contributed by atoms with Crippen molar-refractivity contribution in [1.82, 2.24) is 34.6 Å². The lowest BCUT2D eigenvalue weighted by Crippen LogP contribution is -2.38. The monoisotopic (exact) mass is 702 g/mol. The number of fused-ring (bicyclic) bond motifs is 2. The Morgan fingerprint density at radius 3 is 2.63 bits per heavy atom. The maximum atomic E-state index is 14.5. The van der Waals surface area contributed by atoms with Crippen molar-refractivity contribution in [3.05, 3.63) is 105 Å². The number of hydrogen-bond acceptors (Lipinski definition) is 9. The summed E-state index contributed by atoms with van der Waals surface area (Å²) in [6.07, 6.45) is 4.51. The minimum absolute atomic E-state index is 0.0161. The van der Waals surface area contributed by atoms with E-state index in [2.05, 4.69) is 27.1 Å². The van der Waals surface area contributed by atoms with Crippen LogP contribution in [0.2, 0.25) is 5.02 Å². The summed E-state index contributed by atoms with van der Waals surface area (Å²) in [4.78, 5) is 40.6. The molecule has 0 unspecified atom stereocenters. The van der Waals surface area contributed by atoms with Gasteiger partial charge >= 0.3 is 0 Å². The van der Waals surface area contributed by atoms with Gasteiger partial charge in [0.25, 0.3) is 5.56 Å². The number of amides is 1. The Kier molecular flexibility index (Phi) is 9.92. The molecule has 0 aliphatic carbocycles. The van der Waals surface area contributed by atoms with Gasteiger partial charge in [-0.1, -0.05) is 47.7 Å². The fourth-order valence-corrected chi connectivity index (χ4v) is 6.42. The molecule has 3 aromatic carbocycles. The summed E-state index contributed by atoms with van der Waals surface area (Å²) in [6, 6.07) is 19.5. The number of rotatable bonds is 9. The van der Waals surface area contributed by atoms with Gasteiger partial charge in [-0.2, -0.15) is 5.10 Å². The molecule has 3 aromatic heterocycles. The second-order valence-electron chi connectivity index (χ2n) is 12.3. The Balaban J connectivity index is 1.23. The van der Waals surface area contributed by atoms with Crippen LogP contribution in [0.1, 0.15) is 49.1 Å². The van der Waals surface area contributed by atoms with Crippen molar-refractivity contribution in [2.45, 2.75) is 51.2 Å². The largest absolute Gasteiger partial charge is 0.508 e. The van der Waals surface area contributed by atoms with Crippen molar-refractivity contribution in [2.24, 2.45) is 0 Å². The molecular formula is C38H35ClN8O4. The van der Waals surface area contributed by atoms with Crippen molar-refractivity contribution in [3.63, 3.8) is 0 Å². The SMILES string of the molecule is Nc1ncnc2c1c(-c1ccc(O)cc1)nn2Cc1nc2cccc(C#CCCCC(=O)NC3CCOCC3)c2c(=O)n1Cc1ccccc1Cl. The number of aromatic hydroxyl groups is 1. The molecule has 7 rings (SSSR count). The number of unbranched alkanes of at least 4 members (excludes halogenated alkanes) is 1. The second kappa shape index (κ2) is 15.0. The summed E-state index contributed by atoms with van der Waals surface area (Å²) in [5.74, 6) is 7.13. The van der Waals surface area contributed by atoms with E-state index in [1.165, 1.54) is 6.33 Å². The number of phenolic OH excluding ortho intramolecular Hbond substituents is 1. The first-order valence-corrected chi connectivity index (χ1v) is 17.1. The molecule has 6 aromatic rings. The molecule has 0 atom stereocenters. The quantitative estimate of drug-likeness (QED) is 0.138. The van der Waals surface area contributed by atoms with Gasteiger partial charge in [0.1, 0.15) is 36.0 Å². The number of carbonyl (C=O) groups excluding carboxylic acids is 1. The molecule has 1 saturated heterocycles. The van der Waals surface area contributed by atoms with Gasteiger partial charge in [0, 0.05) is 48.2 Å². The van der Waals surface area contributed by atoms with E-state index in [-0.39, 0.29) is 42.2 Å². The third-order valence-electron chi connectivity index (χ3n) is 8.85. The number of ether oxygens (including phenoxy) is 1. The molecule has 1 aliphatic heterocycles. The van der Waals surface area contributed by atoms with Crippen molar-refractivity contribution >= 4 is 45.3 Å². The number of nitrogens with two attached hydrogens (primary N) is 1. The van der Waals surface area contributed by atoms with E-state index in [9.17, 15) is 14.7 Å². The van der Waals surface area contributed by atoms with Crippen molar-refractivity contribution in [2.75, 3.05) is 18.9 Å². The fraction of sp³-hybridized carbons (Fsp3) is 0.263. The highest BCUT2D eigenvalue weighted by molar-refractivity contribution is 6.31. The number of nitrogens with zero attached hydrogens (tertiary/aromatic N) is 6. The molecule has 1 amide bonds. The average molecular weight is 703 g/mol. The van der Waals surface area contributed by atoms with Crippen LogP contribution in [0.3, 0.4) is 0 Å². The molecule has 4 heterocycles. The Bertz CT molecular complexity index is 2350. The minimum atomic E-state index is -0.278. The van der Waals surface area contributed by atoms with Crippen LogP contribution in [0.4, 0.5) is 5.82 Å². The van der Waals surface area contributed by atoms with Crippen molar-refractivity contribution in [1.29, 1.82) is 0 Å². The molecule has 0 saturated carbocycles. The Hall–Kier alpha value is -5.77. The molecule has 258 valence electrons. The maximum Gasteiger partial charge on any atom is 0.263 e. The minimum Gasteiger partial charge on any atom is -0.508 e. The summed E-state index contributed by atoms with van der Waals surface area (Å²) < 4.78 is 8.60. The lowest BCUT2D eigenvalue weighted by atomic mass is 10.1. The molecule has 1 aliphatic rings. The third-order valence-corrected chi connectivity index (χ3v) is 9.22. The zero-order valence-corrected chi connectivity index (χ0v) is 28.4. The van der Waals surface area contributed by atoms with Crippen LogP contribution in [0.25, 0.3) is 33.2 Å². The van der Waals surface area contributed by atoms with Gasteiger partial charge in [-0.25, -0.2) is 19.6 Å². The molecule has 12 nitrogen and oxygen atoms in total. The van der Waals surface area contributed by atoms with Gasteiger partial charge < -0.3 is 20.9 Å². The number of benzene rings is 3. The molecule has 0 radical (unpaired) electrons. The van der Waals surface area contributed by atoms with E-state index in [1.807, 2.05) is 24.3 Å². The highest BCUT2D eigenvalue weighted by Crippen LogP contribution is 2.31. The predicted octanol–water partition coefficient (Wildman–Crippen LogP) is 5.06. The van der Waals surface area contributed by atoms with Crippen LogP contribution in [-0.4, -0.2) is 59.6 Å². The number of nitrogens with one attached hydrogen (secondary N) is 1. The van der Waals surface area contributed by atoms with Crippen LogP contribution in [-0.2, 0) is 22.6 Å². The summed E-state index contributed by atoms with van der Waals surface area (Å²) in [7, 11) is 0. The van der Waals surface area contributed by atoms with Gasteiger partial charge in [-0.05, 0) is 67.3 Å². The highest BCUT2D eigenvalue weighted by atomic mass is 35.5. The molecule has 13 heteroatoms. The van der Waals surface area contributed by atoms with Crippen LogP contribution in [0, 0.1) is 11.8 Å². The second-order valence-corrected chi connectivity index (χ2v) is 12.7. The van der Waals surface area contributed by atoms with Gasteiger partial charge in [0.05, 0.1) is 22.8 Å². The number of nitrogen functional groups attached to an aromatic ring is 1. The zero-order valence-electron chi connectivity index (χ0n) is 27.7. The normalized spacial score (nSPS) is 13.3. The van der Waals surface area contributed by atoms with Gasteiger partial charge in [-0.3, -0.25) is 14.2 Å². The van der Waals surface area contributed by atoms with E-state index in [0.717, 1.165) is 18.4 Å². The number of phenols is 1. The lowest BCUT2D eigenvalue weighted by molar-refractivity contribution is -0.122. The molecular weight excluding hydrogens is 668 g/mol. The first kappa shape index (κ1) is 33.7. The van der Waals surface area contributed by atoms with E-state index >= 15 is 0 Å². The van der Waals surface area contributed by atoms with E-state index in [1.54, 1.807) is 51.7 Å². The Labute approximate surface area is 298 Å². The number of hydrogen-bond donors (Lipinski definition) is 3. The summed E-state index contributed by atoms with van der Waals surface area (Å²) in [5.41, 5.74) is 9.53. The lowest BCUT2D eigenvalue weighted by Gasteiger charge is -2.22. The third kappa shape index (κ3) is 7.40. The number of anilines is 1. The molecule has 0 bridgehead atoms. The molecule has 0 spiro atoms. The van der Waals surface area contributed by atoms with Gasteiger partial charge in [0.2, 0.25) is 5.91 Å². The van der Waals surface area contributed by atoms with Crippen LogP contribution in [0.5, 0.6) is 5.75 Å². The van der Waals surface area contributed by atoms with Crippen molar-refractivity contribution < 1.29 is 14.6 Å². The van der Waals surface area contributed by atoms with Crippen molar-refractivity contribution in [3.8, 4) is 28.8 Å². The van der Waals surface area contributed by atoms with Crippen LogP contribution in [0.15, 0.2) is 77.9 Å². The average Bonchev–Trinajstić information content (AvgIpc) is 3.50. The van der Waals surface area contributed by atoms with Crippen LogP contribution < -0.4 is 16.6 Å².